The molecule has 7 heteroatoms. The lowest BCUT2D eigenvalue weighted by Gasteiger charge is -2.10. The molecule has 4 nitrogen and oxygen atoms in total. The third-order valence-corrected chi connectivity index (χ3v) is 2.69. The van der Waals surface area contributed by atoms with Gasteiger partial charge in [0.1, 0.15) is 17.0 Å². The minimum absolute atomic E-state index is 0.0185. The summed E-state index contributed by atoms with van der Waals surface area (Å²) in [4.78, 5) is 14.1. The van der Waals surface area contributed by atoms with Gasteiger partial charge in [0.15, 0.2) is 0 Å². The number of rotatable bonds is 3. The van der Waals surface area contributed by atoms with Crippen LogP contribution in [0.15, 0.2) is 6.20 Å². The van der Waals surface area contributed by atoms with Crippen LogP contribution in [0.25, 0.3) is 0 Å². The monoisotopic (exact) mass is 329 g/mol. The average molecular weight is 329 g/mol. The van der Waals surface area contributed by atoms with Crippen LogP contribution < -0.4 is 4.74 Å². The highest BCUT2D eigenvalue weighted by Gasteiger charge is 2.22. The fourth-order valence-corrected chi connectivity index (χ4v) is 1.87. The molecule has 1 aromatic heterocycles. The molecule has 1 aromatic rings. The van der Waals surface area contributed by atoms with Gasteiger partial charge in [0.05, 0.1) is 10.7 Å². The molecule has 15 heavy (non-hydrogen) atoms. The molecule has 0 aromatic carbocycles. The summed E-state index contributed by atoms with van der Waals surface area (Å²) in [5, 5.41) is 8.74. The van der Waals surface area contributed by atoms with Gasteiger partial charge in [0.2, 0.25) is 0 Å². The molecule has 0 spiro atoms. The van der Waals surface area contributed by atoms with Crippen molar-refractivity contribution in [3.05, 3.63) is 21.0 Å². The maximum absolute atomic E-state index is 12.4. The number of aromatic carboxylic acids is 1. The Balaban J connectivity index is 3.39. The zero-order chi connectivity index (χ0) is 11.6. The maximum atomic E-state index is 12.4. The van der Waals surface area contributed by atoms with E-state index in [-0.39, 0.29) is 14.9 Å². The van der Waals surface area contributed by atoms with Crippen LogP contribution in [0.3, 0.4) is 0 Å². The van der Waals surface area contributed by atoms with E-state index in [0.717, 1.165) is 6.20 Å². The van der Waals surface area contributed by atoms with Gasteiger partial charge in [-0.2, -0.15) is 0 Å². The zero-order valence-corrected chi connectivity index (χ0v) is 9.66. The van der Waals surface area contributed by atoms with Crippen LogP contribution in [-0.4, -0.2) is 23.2 Å². The Morgan fingerprint density at radius 2 is 2.27 bits per heavy atom. The summed E-state index contributed by atoms with van der Waals surface area (Å²) in [6, 6.07) is 0. The lowest BCUT2D eigenvalue weighted by molar-refractivity contribution is 0.0691. The molecule has 0 atom stereocenters. The smallest absolute Gasteiger partial charge is 0.341 e. The first kappa shape index (κ1) is 12.1. The molecule has 1 rings (SSSR count). The predicted octanol–water partition coefficient (Wildman–Crippen LogP) is 2.33. The summed E-state index contributed by atoms with van der Waals surface area (Å²) in [6.07, 6.45) is -1.89. The molecule has 1 heterocycles. The minimum Gasteiger partial charge on any atom is -0.495 e. The Kier molecular flexibility index (Phi) is 3.77. The third-order valence-electron chi connectivity index (χ3n) is 1.64. The zero-order valence-electron chi connectivity index (χ0n) is 7.50. The first-order valence-electron chi connectivity index (χ1n) is 3.72. The topological polar surface area (TPSA) is 59.4 Å². The summed E-state index contributed by atoms with van der Waals surface area (Å²) in [5.41, 5.74) is -0.705. The van der Waals surface area contributed by atoms with E-state index in [1.165, 1.54) is 7.11 Å². The molecule has 0 fully saturated rings. The van der Waals surface area contributed by atoms with Crippen LogP contribution in [0.2, 0.25) is 0 Å². The number of pyridine rings is 1. The van der Waals surface area contributed by atoms with Crippen LogP contribution in [0.4, 0.5) is 8.78 Å². The minimum atomic E-state index is -2.76. The largest absolute Gasteiger partial charge is 0.495 e. The fraction of sp³-hybridized carbons (Fsp3) is 0.250. The van der Waals surface area contributed by atoms with Crippen molar-refractivity contribution in [3.63, 3.8) is 0 Å². The number of hydrogen-bond donors (Lipinski definition) is 1. The van der Waals surface area contributed by atoms with Gasteiger partial charge in [0, 0.05) is 6.20 Å². The summed E-state index contributed by atoms with van der Waals surface area (Å²) in [5.74, 6) is -1.36. The SMILES string of the molecule is COc1c(C(=O)O)cnc(C(F)F)c1I. The van der Waals surface area contributed by atoms with Gasteiger partial charge >= 0.3 is 5.97 Å². The summed E-state index contributed by atoms with van der Waals surface area (Å²) >= 11 is 1.58. The lowest BCUT2D eigenvalue weighted by Crippen LogP contribution is -2.06. The number of ether oxygens (including phenoxy) is 1. The molecule has 0 saturated carbocycles. The second-order valence-corrected chi connectivity index (χ2v) is 3.59. The molecule has 0 bridgehead atoms. The Morgan fingerprint density at radius 1 is 1.67 bits per heavy atom. The number of carbonyl (C=O) groups is 1. The van der Waals surface area contributed by atoms with E-state index in [4.69, 9.17) is 9.84 Å². The Hall–Kier alpha value is -0.990. The number of hydrogen-bond acceptors (Lipinski definition) is 3. The number of carboxylic acids is 1. The molecular formula is C8H6F2INO3. The normalized spacial score (nSPS) is 10.5. The molecule has 0 aliphatic carbocycles. The van der Waals surface area contributed by atoms with Gasteiger partial charge in [-0.3, -0.25) is 4.98 Å². The highest BCUT2D eigenvalue weighted by molar-refractivity contribution is 14.1. The number of alkyl halides is 2. The van der Waals surface area contributed by atoms with Crippen LogP contribution >= 0.6 is 22.6 Å². The maximum Gasteiger partial charge on any atom is 0.341 e. The number of carboxylic acid groups (broad SMARTS) is 1. The van der Waals surface area contributed by atoms with Crippen molar-refractivity contribution in [1.82, 2.24) is 4.98 Å². The molecule has 0 radical (unpaired) electrons. The van der Waals surface area contributed by atoms with E-state index in [9.17, 15) is 13.6 Å². The molecule has 1 N–H and O–H groups in total. The fourth-order valence-electron chi connectivity index (χ4n) is 0.988. The Labute approximate surface area is 97.4 Å². The van der Waals surface area contributed by atoms with Gasteiger partial charge in [-0.1, -0.05) is 0 Å². The van der Waals surface area contributed by atoms with Gasteiger partial charge in [-0.05, 0) is 22.6 Å². The molecular weight excluding hydrogens is 323 g/mol. The van der Waals surface area contributed by atoms with E-state index < -0.39 is 18.1 Å². The second kappa shape index (κ2) is 4.69. The van der Waals surface area contributed by atoms with Gasteiger partial charge < -0.3 is 9.84 Å². The first-order valence-corrected chi connectivity index (χ1v) is 4.80. The quantitative estimate of drug-likeness (QED) is 0.865. The van der Waals surface area contributed by atoms with E-state index in [0.29, 0.717) is 0 Å². The lowest BCUT2D eigenvalue weighted by atomic mass is 10.2. The van der Waals surface area contributed by atoms with Crippen LogP contribution in [0, 0.1) is 3.57 Å². The van der Waals surface area contributed by atoms with E-state index >= 15 is 0 Å². The van der Waals surface area contributed by atoms with E-state index in [2.05, 4.69) is 4.98 Å². The number of methoxy groups -OCH3 is 1. The van der Waals surface area contributed by atoms with Crippen LogP contribution in [0.5, 0.6) is 5.75 Å². The number of aromatic nitrogens is 1. The Morgan fingerprint density at radius 3 is 2.67 bits per heavy atom. The molecule has 0 aliphatic rings. The van der Waals surface area contributed by atoms with Crippen molar-refractivity contribution in [2.45, 2.75) is 6.43 Å². The van der Waals surface area contributed by atoms with Crippen LogP contribution in [0.1, 0.15) is 22.5 Å². The predicted molar refractivity (Wildman–Crippen MR) is 55.4 cm³/mol. The number of nitrogens with zero attached hydrogens (tertiary/aromatic N) is 1. The summed E-state index contributed by atoms with van der Waals surface area (Å²) in [6.45, 7) is 0. The van der Waals surface area contributed by atoms with Gasteiger partial charge in [-0.25, -0.2) is 13.6 Å². The summed E-state index contributed by atoms with van der Waals surface area (Å²) in [7, 11) is 1.22. The van der Waals surface area contributed by atoms with E-state index in [1.54, 1.807) is 22.6 Å². The first-order chi connectivity index (χ1) is 6.99. The van der Waals surface area contributed by atoms with Crippen molar-refractivity contribution in [2.24, 2.45) is 0 Å². The van der Waals surface area contributed by atoms with Crippen molar-refractivity contribution in [2.75, 3.05) is 7.11 Å². The van der Waals surface area contributed by atoms with E-state index in [1.807, 2.05) is 0 Å². The molecule has 0 amide bonds. The highest BCUT2D eigenvalue weighted by atomic mass is 127. The highest BCUT2D eigenvalue weighted by Crippen LogP contribution is 2.32. The van der Waals surface area contributed by atoms with Crippen molar-refractivity contribution < 1.29 is 23.4 Å². The molecule has 0 saturated heterocycles. The third kappa shape index (κ3) is 2.33. The van der Waals surface area contributed by atoms with Crippen molar-refractivity contribution >= 4 is 28.6 Å². The Bertz CT molecular complexity index is 398. The molecule has 0 unspecified atom stereocenters. The van der Waals surface area contributed by atoms with Crippen LogP contribution in [-0.2, 0) is 0 Å². The average Bonchev–Trinajstić information content (AvgIpc) is 2.16. The summed E-state index contributed by atoms with van der Waals surface area (Å²) < 4.78 is 29.6. The molecule has 82 valence electrons. The van der Waals surface area contributed by atoms with Gasteiger partial charge in [-0.15, -0.1) is 0 Å². The van der Waals surface area contributed by atoms with Crippen molar-refractivity contribution in [1.29, 1.82) is 0 Å². The second-order valence-electron chi connectivity index (χ2n) is 2.51. The number of halogens is 3. The van der Waals surface area contributed by atoms with Crippen molar-refractivity contribution in [3.8, 4) is 5.75 Å². The standard InChI is InChI=1S/C8H6F2INO3/c1-15-6-3(8(13)14)2-12-5(4(6)11)7(9)10/h2,7H,1H3,(H,13,14). The van der Waals surface area contributed by atoms with Gasteiger partial charge in [0.25, 0.3) is 6.43 Å². The molecule has 0 aliphatic heterocycles.